The highest BCUT2D eigenvalue weighted by atomic mass is 16.2. The van der Waals surface area contributed by atoms with Crippen molar-refractivity contribution in [3.05, 3.63) is 35.7 Å². The summed E-state index contributed by atoms with van der Waals surface area (Å²) in [6.45, 7) is 5.64. The summed E-state index contributed by atoms with van der Waals surface area (Å²) >= 11 is 0. The van der Waals surface area contributed by atoms with Gasteiger partial charge in [-0.3, -0.25) is 9.78 Å². The zero-order valence-electron chi connectivity index (χ0n) is 12.5. The van der Waals surface area contributed by atoms with Gasteiger partial charge in [-0.1, -0.05) is 12.2 Å². The number of rotatable bonds is 3. The average Bonchev–Trinajstić information content (AvgIpc) is 2.48. The fourth-order valence-electron chi connectivity index (χ4n) is 2.65. The first-order valence-corrected chi connectivity index (χ1v) is 7.22. The van der Waals surface area contributed by atoms with Gasteiger partial charge in [0.05, 0.1) is 16.9 Å². The van der Waals surface area contributed by atoms with Crippen LogP contribution in [-0.4, -0.2) is 35.9 Å². The van der Waals surface area contributed by atoms with Gasteiger partial charge in [-0.05, 0) is 38.7 Å². The van der Waals surface area contributed by atoms with Crippen LogP contribution in [0.15, 0.2) is 24.4 Å². The third-order valence-electron chi connectivity index (χ3n) is 3.89. The number of aryl methyl sites for hydroxylation is 1. The van der Waals surface area contributed by atoms with Crippen molar-refractivity contribution < 1.29 is 4.79 Å². The Morgan fingerprint density at radius 3 is 2.75 bits per heavy atom. The lowest BCUT2D eigenvalue weighted by atomic mass is 9.96. The van der Waals surface area contributed by atoms with Crippen LogP contribution in [0.2, 0.25) is 0 Å². The second-order valence-electron chi connectivity index (χ2n) is 5.26. The number of likely N-dealkylation sites (tertiary alicyclic amines) is 1. The molecule has 20 heavy (non-hydrogen) atoms. The van der Waals surface area contributed by atoms with Crippen molar-refractivity contribution in [2.75, 3.05) is 25.5 Å². The minimum atomic E-state index is 0.0907. The van der Waals surface area contributed by atoms with Crippen LogP contribution in [0.5, 0.6) is 0 Å². The van der Waals surface area contributed by atoms with E-state index in [9.17, 15) is 4.79 Å². The van der Waals surface area contributed by atoms with E-state index in [0.29, 0.717) is 11.5 Å². The molecule has 1 N–H and O–H groups in total. The van der Waals surface area contributed by atoms with Gasteiger partial charge in [0.15, 0.2) is 0 Å². The number of amides is 1. The Bertz CT molecular complexity index is 502. The van der Waals surface area contributed by atoms with E-state index in [2.05, 4.69) is 29.4 Å². The first kappa shape index (κ1) is 14.6. The van der Waals surface area contributed by atoms with E-state index >= 15 is 0 Å². The molecule has 0 unspecified atom stereocenters. The molecule has 0 aliphatic carbocycles. The number of pyridine rings is 1. The zero-order valence-corrected chi connectivity index (χ0v) is 12.5. The molecule has 0 bridgehead atoms. The number of carbonyl (C=O) groups excluding carboxylic acids is 1. The molecule has 1 amide bonds. The molecule has 0 radical (unpaired) electrons. The minimum Gasteiger partial charge on any atom is -0.387 e. The molecule has 1 saturated heterocycles. The van der Waals surface area contributed by atoms with Crippen LogP contribution in [0, 0.1) is 12.8 Å². The molecule has 0 spiro atoms. The highest BCUT2D eigenvalue weighted by Gasteiger charge is 2.22. The summed E-state index contributed by atoms with van der Waals surface area (Å²) in [5, 5.41) is 3.07. The minimum absolute atomic E-state index is 0.0907. The van der Waals surface area contributed by atoms with Gasteiger partial charge in [0, 0.05) is 26.3 Å². The summed E-state index contributed by atoms with van der Waals surface area (Å²) < 4.78 is 0. The lowest BCUT2D eigenvalue weighted by Gasteiger charge is -2.30. The van der Waals surface area contributed by atoms with Gasteiger partial charge in [-0.25, -0.2) is 0 Å². The number of nitrogens with zero attached hydrogens (tertiary/aromatic N) is 2. The first-order valence-electron chi connectivity index (χ1n) is 7.22. The van der Waals surface area contributed by atoms with Crippen molar-refractivity contribution in [3.63, 3.8) is 0 Å². The molecule has 1 aliphatic rings. The molecule has 0 saturated carbocycles. The Morgan fingerprint density at radius 1 is 1.45 bits per heavy atom. The second-order valence-corrected chi connectivity index (χ2v) is 5.26. The molecular formula is C16H23N3O. The van der Waals surface area contributed by atoms with Crippen molar-refractivity contribution in [2.24, 2.45) is 5.92 Å². The summed E-state index contributed by atoms with van der Waals surface area (Å²) in [4.78, 5) is 18.7. The van der Waals surface area contributed by atoms with Crippen LogP contribution in [-0.2, 0) is 0 Å². The molecule has 2 heterocycles. The quantitative estimate of drug-likeness (QED) is 0.861. The van der Waals surface area contributed by atoms with Crippen molar-refractivity contribution in [1.82, 2.24) is 9.88 Å². The topological polar surface area (TPSA) is 45.2 Å². The SMILES string of the molecule is C/C=C/C1CCN(C(=O)c2cnc(C)c(NC)c2)CC1. The molecule has 1 aliphatic heterocycles. The van der Waals surface area contributed by atoms with Crippen molar-refractivity contribution >= 4 is 11.6 Å². The Balaban J connectivity index is 2.05. The third-order valence-corrected chi connectivity index (χ3v) is 3.89. The number of aromatic nitrogens is 1. The summed E-state index contributed by atoms with van der Waals surface area (Å²) in [6, 6.07) is 1.89. The highest BCUT2D eigenvalue weighted by molar-refractivity contribution is 5.95. The fraction of sp³-hybridized carbons (Fsp3) is 0.500. The molecule has 4 nitrogen and oxygen atoms in total. The van der Waals surface area contributed by atoms with E-state index in [1.165, 1.54) is 0 Å². The highest BCUT2D eigenvalue weighted by Crippen LogP contribution is 2.21. The lowest BCUT2D eigenvalue weighted by Crippen LogP contribution is -2.38. The van der Waals surface area contributed by atoms with E-state index in [1.807, 2.05) is 24.9 Å². The fourth-order valence-corrected chi connectivity index (χ4v) is 2.65. The number of piperidine rings is 1. The molecule has 1 fully saturated rings. The van der Waals surface area contributed by atoms with E-state index in [4.69, 9.17) is 0 Å². The average molecular weight is 273 g/mol. The van der Waals surface area contributed by atoms with Crippen LogP contribution in [0.25, 0.3) is 0 Å². The molecule has 108 valence electrons. The molecule has 4 heteroatoms. The van der Waals surface area contributed by atoms with Gasteiger partial charge < -0.3 is 10.2 Å². The Labute approximate surface area is 120 Å². The number of anilines is 1. The normalized spacial score (nSPS) is 16.6. The lowest BCUT2D eigenvalue weighted by molar-refractivity contribution is 0.0705. The summed E-state index contributed by atoms with van der Waals surface area (Å²) in [5.74, 6) is 0.709. The van der Waals surface area contributed by atoms with Crippen LogP contribution >= 0.6 is 0 Å². The Morgan fingerprint density at radius 2 is 2.15 bits per heavy atom. The third kappa shape index (κ3) is 3.18. The van der Waals surface area contributed by atoms with Crippen LogP contribution in [0.1, 0.15) is 35.8 Å². The van der Waals surface area contributed by atoms with Crippen molar-refractivity contribution in [1.29, 1.82) is 0 Å². The van der Waals surface area contributed by atoms with E-state index < -0.39 is 0 Å². The van der Waals surface area contributed by atoms with Gasteiger partial charge in [0.1, 0.15) is 0 Å². The molecular weight excluding hydrogens is 250 g/mol. The smallest absolute Gasteiger partial charge is 0.255 e. The maximum Gasteiger partial charge on any atom is 0.255 e. The maximum atomic E-state index is 12.5. The van der Waals surface area contributed by atoms with Gasteiger partial charge >= 0.3 is 0 Å². The van der Waals surface area contributed by atoms with E-state index in [1.54, 1.807) is 6.20 Å². The Kier molecular flexibility index (Phi) is 4.77. The van der Waals surface area contributed by atoms with Crippen molar-refractivity contribution in [3.8, 4) is 0 Å². The maximum absolute atomic E-state index is 12.5. The molecule has 0 aromatic carbocycles. The van der Waals surface area contributed by atoms with Crippen LogP contribution in [0.3, 0.4) is 0 Å². The first-order chi connectivity index (χ1) is 9.65. The monoisotopic (exact) mass is 273 g/mol. The second kappa shape index (κ2) is 6.55. The van der Waals surface area contributed by atoms with E-state index in [0.717, 1.165) is 37.3 Å². The van der Waals surface area contributed by atoms with Crippen LogP contribution in [0.4, 0.5) is 5.69 Å². The Hall–Kier alpha value is -1.84. The molecule has 1 aromatic rings. The number of carbonyl (C=O) groups is 1. The van der Waals surface area contributed by atoms with Gasteiger partial charge in [0.2, 0.25) is 0 Å². The van der Waals surface area contributed by atoms with Gasteiger partial charge in [-0.2, -0.15) is 0 Å². The summed E-state index contributed by atoms with van der Waals surface area (Å²) in [7, 11) is 1.85. The predicted molar refractivity (Wildman–Crippen MR) is 82.0 cm³/mol. The van der Waals surface area contributed by atoms with Crippen LogP contribution < -0.4 is 5.32 Å². The molecule has 2 rings (SSSR count). The van der Waals surface area contributed by atoms with Gasteiger partial charge in [-0.15, -0.1) is 0 Å². The van der Waals surface area contributed by atoms with E-state index in [-0.39, 0.29) is 5.91 Å². The number of allylic oxidation sites excluding steroid dienone is 2. The summed E-state index contributed by atoms with van der Waals surface area (Å²) in [5.41, 5.74) is 2.50. The summed E-state index contributed by atoms with van der Waals surface area (Å²) in [6.07, 6.45) is 8.12. The zero-order chi connectivity index (χ0) is 14.5. The predicted octanol–water partition coefficient (Wildman–Crippen LogP) is 2.86. The molecule has 0 atom stereocenters. The van der Waals surface area contributed by atoms with Gasteiger partial charge in [0.25, 0.3) is 5.91 Å². The van der Waals surface area contributed by atoms with Crippen molar-refractivity contribution in [2.45, 2.75) is 26.7 Å². The number of hydrogen-bond acceptors (Lipinski definition) is 3. The largest absolute Gasteiger partial charge is 0.387 e. The number of nitrogens with one attached hydrogen (secondary N) is 1. The standard InChI is InChI=1S/C16H23N3O/c1-4-5-13-6-8-19(9-7-13)16(20)14-10-15(17-3)12(2)18-11-14/h4-5,10-11,13,17H,6-9H2,1-3H3/b5-4+. The molecule has 1 aromatic heterocycles. The number of hydrogen-bond donors (Lipinski definition) is 1.